The maximum Gasteiger partial charge on any atom is 0.333 e. The fourth-order valence-electron chi connectivity index (χ4n) is 5.12. The number of guanidine groups is 1. The summed E-state index contributed by atoms with van der Waals surface area (Å²) < 4.78 is 0. The highest BCUT2D eigenvalue weighted by Crippen LogP contribution is 2.42. The van der Waals surface area contributed by atoms with Gasteiger partial charge in [-0.1, -0.05) is 20.4 Å². The highest BCUT2D eigenvalue weighted by Gasteiger charge is 2.57. The number of hydrogen-bond acceptors (Lipinski definition) is 6. The van der Waals surface area contributed by atoms with Gasteiger partial charge in [-0.3, -0.25) is 19.8 Å². The number of hydrogen-bond donors (Lipinski definition) is 5. The molecule has 12 heteroatoms. The first kappa shape index (κ1) is 23.5. The van der Waals surface area contributed by atoms with E-state index in [1.807, 2.05) is 13.8 Å². The molecule has 3 fully saturated rings. The van der Waals surface area contributed by atoms with Crippen LogP contribution in [0.4, 0.5) is 0 Å². The normalized spacial score (nSPS) is 27.8. The number of likely N-dealkylation sites (tertiary alicyclic amines) is 3. The van der Waals surface area contributed by atoms with Crippen molar-refractivity contribution in [2.45, 2.75) is 38.4 Å². The number of primary amides is 1. The largest absolute Gasteiger partial charge is 0.478 e. The third kappa shape index (κ3) is 3.78. The second kappa shape index (κ2) is 8.08. The Morgan fingerprint density at radius 1 is 1.16 bits per heavy atom. The lowest BCUT2D eigenvalue weighted by Gasteiger charge is -2.54. The maximum absolute atomic E-state index is 13.5. The van der Waals surface area contributed by atoms with E-state index in [1.54, 1.807) is 4.90 Å². The van der Waals surface area contributed by atoms with Gasteiger partial charge in [-0.15, -0.1) is 0 Å². The second-order valence-corrected chi connectivity index (χ2v) is 9.55. The molecular formula is C20H31N7O5. The van der Waals surface area contributed by atoms with Crippen molar-refractivity contribution in [1.82, 2.24) is 14.7 Å². The van der Waals surface area contributed by atoms with Crippen LogP contribution in [0, 0.1) is 22.7 Å². The molecule has 3 aliphatic rings. The van der Waals surface area contributed by atoms with Gasteiger partial charge < -0.3 is 37.0 Å². The van der Waals surface area contributed by atoms with Crippen LogP contribution in [0.25, 0.3) is 0 Å². The van der Waals surface area contributed by atoms with E-state index in [9.17, 15) is 19.2 Å². The summed E-state index contributed by atoms with van der Waals surface area (Å²) in [5.74, 6) is -3.22. The fraction of sp³-hybridized carbons (Fsp3) is 0.650. The number of nitrogens with one attached hydrogen (secondary N) is 1. The van der Waals surface area contributed by atoms with Crippen LogP contribution in [0.15, 0.2) is 12.2 Å². The van der Waals surface area contributed by atoms with E-state index in [-0.39, 0.29) is 24.3 Å². The lowest BCUT2D eigenvalue weighted by Crippen LogP contribution is -2.72. The zero-order valence-electron chi connectivity index (χ0n) is 18.3. The summed E-state index contributed by atoms with van der Waals surface area (Å²) >= 11 is 0. The summed E-state index contributed by atoms with van der Waals surface area (Å²) in [6.07, 6.45) is 0.576. The van der Waals surface area contributed by atoms with E-state index in [4.69, 9.17) is 27.7 Å². The molecule has 4 atom stereocenters. The molecule has 176 valence electrons. The molecule has 3 saturated heterocycles. The van der Waals surface area contributed by atoms with Crippen LogP contribution in [0.3, 0.4) is 0 Å². The van der Waals surface area contributed by atoms with Gasteiger partial charge in [0.1, 0.15) is 18.1 Å². The molecule has 3 heterocycles. The molecule has 32 heavy (non-hydrogen) atoms. The lowest BCUT2D eigenvalue weighted by atomic mass is 9.73. The highest BCUT2D eigenvalue weighted by atomic mass is 16.4. The van der Waals surface area contributed by atoms with Crippen molar-refractivity contribution in [3.05, 3.63) is 12.2 Å². The number of amides is 3. The van der Waals surface area contributed by atoms with Gasteiger partial charge in [-0.25, -0.2) is 4.79 Å². The second-order valence-electron chi connectivity index (χ2n) is 9.55. The maximum atomic E-state index is 13.5. The SMILES string of the molecule is C=C(C(=O)O)C(N)C(=O)N1CC(C)(C)C1C(=O)N1CCC(C2CN(C(=N)N)C2)C1C(N)=O. The first-order valence-corrected chi connectivity index (χ1v) is 10.4. The minimum atomic E-state index is -1.47. The molecule has 0 spiro atoms. The van der Waals surface area contributed by atoms with Gasteiger partial charge in [0, 0.05) is 31.6 Å². The molecule has 12 nitrogen and oxygen atoms in total. The summed E-state index contributed by atoms with van der Waals surface area (Å²) in [6.45, 7) is 8.57. The number of carbonyl (C=O) groups excluding carboxylic acids is 3. The van der Waals surface area contributed by atoms with Gasteiger partial charge in [-0.2, -0.15) is 0 Å². The Morgan fingerprint density at radius 3 is 2.22 bits per heavy atom. The van der Waals surface area contributed by atoms with Crippen LogP contribution in [0.1, 0.15) is 20.3 Å². The Hall–Kier alpha value is -3.15. The Labute approximate surface area is 185 Å². The molecule has 3 amide bonds. The quantitative estimate of drug-likeness (QED) is 0.169. The Morgan fingerprint density at radius 2 is 1.75 bits per heavy atom. The van der Waals surface area contributed by atoms with Crippen LogP contribution in [0.5, 0.6) is 0 Å². The smallest absolute Gasteiger partial charge is 0.333 e. The standard InChI is InChI=1S/C20H31N7O5/c1-9(18(31)32)12(21)16(29)27-8-20(2,3)14(27)17(30)26-5-4-11(13(26)15(22)28)10-6-25(7-10)19(23)24/h10-14H,1,4-8,21H2,2-3H3,(H2,22,28)(H3,23,24)(H,31,32). The molecule has 0 bridgehead atoms. The zero-order valence-corrected chi connectivity index (χ0v) is 18.3. The molecule has 0 aromatic rings. The van der Waals surface area contributed by atoms with Crippen molar-refractivity contribution < 1.29 is 24.3 Å². The topological polar surface area (TPSA) is 200 Å². The van der Waals surface area contributed by atoms with Crippen molar-refractivity contribution in [2.75, 3.05) is 26.2 Å². The third-order valence-corrected chi connectivity index (χ3v) is 6.94. The van der Waals surface area contributed by atoms with Gasteiger partial charge in [0.25, 0.3) is 0 Å². The molecule has 0 aliphatic carbocycles. The van der Waals surface area contributed by atoms with E-state index in [0.29, 0.717) is 26.1 Å². The summed E-state index contributed by atoms with van der Waals surface area (Å²) in [4.78, 5) is 54.2. The highest BCUT2D eigenvalue weighted by molar-refractivity contribution is 6.01. The van der Waals surface area contributed by atoms with Gasteiger partial charge >= 0.3 is 5.97 Å². The van der Waals surface area contributed by atoms with Crippen LogP contribution in [-0.2, 0) is 19.2 Å². The fourth-order valence-corrected chi connectivity index (χ4v) is 5.12. The average molecular weight is 450 g/mol. The summed E-state index contributed by atoms with van der Waals surface area (Å²) in [6, 6.07) is -3.18. The first-order valence-electron chi connectivity index (χ1n) is 10.4. The predicted molar refractivity (Wildman–Crippen MR) is 114 cm³/mol. The molecule has 3 rings (SSSR count). The summed E-state index contributed by atoms with van der Waals surface area (Å²) in [7, 11) is 0. The Bertz CT molecular complexity index is 882. The number of nitrogens with zero attached hydrogens (tertiary/aromatic N) is 3. The predicted octanol–water partition coefficient (Wildman–Crippen LogP) is -2.28. The lowest BCUT2D eigenvalue weighted by molar-refractivity contribution is -0.169. The van der Waals surface area contributed by atoms with Crippen LogP contribution in [-0.4, -0.2) is 93.8 Å². The molecule has 3 aliphatic heterocycles. The minimum absolute atomic E-state index is 0.0348. The van der Waals surface area contributed by atoms with E-state index in [1.165, 1.54) is 9.80 Å². The molecule has 0 radical (unpaired) electrons. The molecular weight excluding hydrogens is 418 g/mol. The van der Waals surface area contributed by atoms with Crippen molar-refractivity contribution in [3.63, 3.8) is 0 Å². The van der Waals surface area contributed by atoms with Gasteiger partial charge in [0.05, 0.1) is 5.57 Å². The molecule has 8 N–H and O–H groups in total. The zero-order chi connectivity index (χ0) is 24.1. The number of rotatable bonds is 6. The first-order chi connectivity index (χ1) is 14.8. The molecule has 0 aromatic heterocycles. The monoisotopic (exact) mass is 449 g/mol. The van der Waals surface area contributed by atoms with Gasteiger partial charge in [0.2, 0.25) is 17.7 Å². The number of nitrogens with two attached hydrogens (primary N) is 3. The third-order valence-electron chi connectivity index (χ3n) is 6.94. The summed E-state index contributed by atoms with van der Waals surface area (Å²) in [5, 5.41) is 16.6. The summed E-state index contributed by atoms with van der Waals surface area (Å²) in [5.41, 5.74) is 15.9. The van der Waals surface area contributed by atoms with Crippen LogP contribution >= 0.6 is 0 Å². The van der Waals surface area contributed by atoms with Gasteiger partial charge in [-0.05, 0) is 18.3 Å². The van der Waals surface area contributed by atoms with Crippen LogP contribution < -0.4 is 17.2 Å². The average Bonchev–Trinajstić information content (AvgIpc) is 3.07. The minimum Gasteiger partial charge on any atom is -0.478 e. The van der Waals surface area contributed by atoms with Crippen molar-refractivity contribution >= 4 is 29.7 Å². The Balaban J connectivity index is 1.77. The number of aliphatic carboxylic acids is 1. The van der Waals surface area contributed by atoms with E-state index < -0.39 is 52.8 Å². The molecule has 0 saturated carbocycles. The number of carbonyl (C=O) groups is 4. The molecule has 4 unspecified atom stereocenters. The van der Waals surface area contributed by atoms with E-state index in [2.05, 4.69) is 6.58 Å². The van der Waals surface area contributed by atoms with Crippen LogP contribution in [0.2, 0.25) is 0 Å². The van der Waals surface area contributed by atoms with E-state index >= 15 is 0 Å². The number of carboxylic acids is 1. The Kier molecular flexibility index (Phi) is 5.94. The van der Waals surface area contributed by atoms with E-state index in [0.717, 1.165) is 0 Å². The van der Waals surface area contributed by atoms with Crippen molar-refractivity contribution in [1.29, 1.82) is 5.41 Å². The number of carboxylic acid groups (broad SMARTS) is 1. The molecule has 0 aromatic carbocycles. The van der Waals surface area contributed by atoms with Crippen molar-refractivity contribution in [3.8, 4) is 0 Å². The van der Waals surface area contributed by atoms with Crippen molar-refractivity contribution in [2.24, 2.45) is 34.5 Å². The van der Waals surface area contributed by atoms with Gasteiger partial charge in [0.15, 0.2) is 5.96 Å².